The fourth-order valence-electron chi connectivity index (χ4n) is 4.35. The molecule has 1 atom stereocenters. The number of allylic oxidation sites excluding steroid dienone is 2. The monoisotopic (exact) mass is 424 g/mol. The van der Waals surface area contributed by atoms with Crippen LogP contribution in [0.5, 0.6) is 5.75 Å². The number of ketones is 1. The van der Waals surface area contributed by atoms with Gasteiger partial charge in [0.05, 0.1) is 12.7 Å². The molecule has 0 amide bonds. The molecule has 0 fully saturated rings. The molecule has 0 aliphatic heterocycles. The molecule has 0 saturated heterocycles. The van der Waals surface area contributed by atoms with Gasteiger partial charge in [-0.15, -0.1) is 11.8 Å². The smallest absolute Gasteiger partial charge is 0.167 e. The summed E-state index contributed by atoms with van der Waals surface area (Å²) in [5.41, 5.74) is 5.08. The number of ether oxygens (including phenoxy) is 1. The van der Waals surface area contributed by atoms with Crippen molar-refractivity contribution in [3.63, 3.8) is 0 Å². The molecule has 0 radical (unpaired) electrons. The van der Waals surface area contributed by atoms with Crippen LogP contribution in [-0.4, -0.2) is 23.8 Å². The van der Waals surface area contributed by atoms with Crippen molar-refractivity contribution in [2.75, 3.05) is 12.9 Å². The van der Waals surface area contributed by atoms with Gasteiger partial charge in [-0.05, 0) is 66.7 Å². The summed E-state index contributed by atoms with van der Waals surface area (Å²) in [5.74, 6) is 2.31. The first-order valence-electron chi connectivity index (χ1n) is 10.8. The Kier molecular flexibility index (Phi) is 7.65. The van der Waals surface area contributed by atoms with E-state index in [9.17, 15) is 9.90 Å². The lowest BCUT2D eigenvalue weighted by Crippen LogP contribution is -2.21. The van der Waals surface area contributed by atoms with Crippen LogP contribution in [0.3, 0.4) is 0 Å². The number of rotatable bonds is 8. The van der Waals surface area contributed by atoms with E-state index in [0.717, 1.165) is 52.4 Å². The zero-order valence-corrected chi connectivity index (χ0v) is 19.3. The number of benzene rings is 2. The standard InChI is InChI=1S/C26H32O3S/c1-5-19-13-17(3)14-20(6-2)25(19)26-21(27)15-18(16-22(26)28)11-12-30-24-10-8-7-9-23(24)29-4/h7-10,13-14,18,27H,5-6,11-12,15-16H2,1-4H3. The molecule has 3 rings (SSSR count). The highest BCUT2D eigenvalue weighted by Crippen LogP contribution is 2.38. The number of hydrogen-bond acceptors (Lipinski definition) is 4. The fraction of sp³-hybridized carbons (Fsp3) is 0.423. The number of aliphatic hydroxyl groups is 1. The van der Waals surface area contributed by atoms with Gasteiger partial charge in [-0.3, -0.25) is 4.79 Å². The van der Waals surface area contributed by atoms with E-state index >= 15 is 0 Å². The van der Waals surface area contributed by atoms with Crippen molar-refractivity contribution in [2.45, 2.75) is 57.8 Å². The number of aliphatic hydroxyl groups excluding tert-OH is 1. The van der Waals surface area contributed by atoms with Crippen LogP contribution in [0.2, 0.25) is 0 Å². The van der Waals surface area contributed by atoms with Crippen molar-refractivity contribution in [2.24, 2.45) is 5.92 Å². The number of aryl methyl sites for hydroxylation is 3. The van der Waals surface area contributed by atoms with Crippen LogP contribution in [0.1, 0.15) is 55.4 Å². The van der Waals surface area contributed by atoms with E-state index in [-0.39, 0.29) is 17.5 Å². The molecule has 0 spiro atoms. The third-order valence-corrected chi connectivity index (χ3v) is 6.92. The lowest BCUT2D eigenvalue weighted by atomic mass is 9.79. The van der Waals surface area contributed by atoms with Gasteiger partial charge >= 0.3 is 0 Å². The average molecular weight is 425 g/mol. The van der Waals surface area contributed by atoms with Crippen LogP contribution in [0, 0.1) is 12.8 Å². The van der Waals surface area contributed by atoms with Crippen LogP contribution in [0.4, 0.5) is 0 Å². The SMILES string of the molecule is CCc1cc(C)cc(CC)c1C1=C(O)CC(CCSc2ccccc2OC)CC1=O. The zero-order valence-electron chi connectivity index (χ0n) is 18.5. The van der Waals surface area contributed by atoms with Gasteiger partial charge in [-0.1, -0.05) is 43.7 Å². The molecule has 0 bridgehead atoms. The summed E-state index contributed by atoms with van der Waals surface area (Å²) in [6.45, 7) is 6.31. The maximum atomic E-state index is 13.1. The van der Waals surface area contributed by atoms with Crippen LogP contribution in [-0.2, 0) is 17.6 Å². The Labute approximate surface area is 184 Å². The van der Waals surface area contributed by atoms with Crippen LogP contribution >= 0.6 is 11.8 Å². The summed E-state index contributed by atoms with van der Waals surface area (Å²) in [6, 6.07) is 12.3. The molecule has 0 heterocycles. The summed E-state index contributed by atoms with van der Waals surface area (Å²) in [4.78, 5) is 14.2. The summed E-state index contributed by atoms with van der Waals surface area (Å²) in [5, 5.41) is 10.9. The molecule has 4 heteroatoms. The second kappa shape index (κ2) is 10.2. The number of methoxy groups -OCH3 is 1. The number of para-hydroxylation sites is 1. The normalized spacial score (nSPS) is 16.8. The highest BCUT2D eigenvalue weighted by molar-refractivity contribution is 7.99. The highest BCUT2D eigenvalue weighted by atomic mass is 32.2. The molecule has 160 valence electrons. The van der Waals surface area contributed by atoms with Gasteiger partial charge in [-0.2, -0.15) is 0 Å². The van der Waals surface area contributed by atoms with E-state index in [0.29, 0.717) is 18.4 Å². The molecule has 0 aromatic heterocycles. The third kappa shape index (κ3) is 4.92. The maximum absolute atomic E-state index is 13.1. The predicted molar refractivity (Wildman–Crippen MR) is 126 cm³/mol. The van der Waals surface area contributed by atoms with Gasteiger partial charge in [0, 0.05) is 17.7 Å². The molecular weight excluding hydrogens is 392 g/mol. The Morgan fingerprint density at radius 3 is 2.37 bits per heavy atom. The van der Waals surface area contributed by atoms with Gasteiger partial charge in [0.25, 0.3) is 0 Å². The second-order valence-electron chi connectivity index (χ2n) is 7.97. The molecule has 1 N–H and O–H groups in total. The van der Waals surface area contributed by atoms with E-state index in [1.54, 1.807) is 18.9 Å². The summed E-state index contributed by atoms with van der Waals surface area (Å²) in [7, 11) is 1.68. The molecule has 1 aliphatic rings. The quantitative estimate of drug-likeness (QED) is 0.488. The Hall–Kier alpha value is -2.20. The van der Waals surface area contributed by atoms with E-state index in [4.69, 9.17) is 4.74 Å². The van der Waals surface area contributed by atoms with Crippen LogP contribution in [0.15, 0.2) is 47.1 Å². The predicted octanol–water partition coefficient (Wildman–Crippen LogP) is 6.56. The van der Waals surface area contributed by atoms with Crippen molar-refractivity contribution in [1.29, 1.82) is 0 Å². The van der Waals surface area contributed by atoms with Gasteiger partial charge < -0.3 is 9.84 Å². The number of carbonyl (C=O) groups excluding carboxylic acids is 1. The minimum absolute atomic E-state index is 0.0827. The van der Waals surface area contributed by atoms with E-state index in [2.05, 4.69) is 39.0 Å². The first kappa shape index (κ1) is 22.5. The minimum Gasteiger partial charge on any atom is -0.512 e. The third-order valence-electron chi connectivity index (χ3n) is 5.83. The van der Waals surface area contributed by atoms with Crippen LogP contribution < -0.4 is 4.74 Å². The van der Waals surface area contributed by atoms with Crippen molar-refractivity contribution >= 4 is 23.1 Å². The number of hydrogen-bond donors (Lipinski definition) is 1. The van der Waals surface area contributed by atoms with Crippen molar-refractivity contribution in [3.05, 3.63) is 64.4 Å². The lowest BCUT2D eigenvalue weighted by molar-refractivity contribution is -0.115. The minimum atomic E-state index is 0.0827. The van der Waals surface area contributed by atoms with Gasteiger partial charge in [-0.25, -0.2) is 0 Å². The number of carbonyl (C=O) groups is 1. The van der Waals surface area contributed by atoms with Gasteiger partial charge in [0.2, 0.25) is 0 Å². The molecule has 30 heavy (non-hydrogen) atoms. The van der Waals surface area contributed by atoms with Gasteiger partial charge in [0.1, 0.15) is 11.5 Å². The first-order valence-corrected chi connectivity index (χ1v) is 11.8. The molecule has 1 unspecified atom stereocenters. The van der Waals surface area contributed by atoms with Crippen LogP contribution in [0.25, 0.3) is 5.57 Å². The molecule has 0 saturated carbocycles. The topological polar surface area (TPSA) is 46.5 Å². The second-order valence-corrected chi connectivity index (χ2v) is 9.11. The maximum Gasteiger partial charge on any atom is 0.167 e. The Morgan fingerprint density at radius 2 is 1.77 bits per heavy atom. The lowest BCUT2D eigenvalue weighted by Gasteiger charge is -2.26. The summed E-state index contributed by atoms with van der Waals surface area (Å²) >= 11 is 1.74. The zero-order chi connectivity index (χ0) is 21.7. The van der Waals surface area contributed by atoms with Crippen molar-refractivity contribution in [3.8, 4) is 5.75 Å². The molecule has 2 aromatic rings. The average Bonchev–Trinajstić information content (AvgIpc) is 2.74. The summed E-state index contributed by atoms with van der Waals surface area (Å²) < 4.78 is 5.41. The van der Waals surface area contributed by atoms with Crippen molar-refractivity contribution < 1.29 is 14.6 Å². The number of thioether (sulfide) groups is 1. The Bertz CT molecular complexity index is 920. The Morgan fingerprint density at radius 1 is 1.10 bits per heavy atom. The Balaban J connectivity index is 1.76. The van der Waals surface area contributed by atoms with E-state index < -0.39 is 0 Å². The molecule has 2 aromatic carbocycles. The first-order chi connectivity index (χ1) is 14.5. The van der Waals surface area contributed by atoms with E-state index in [1.807, 2.05) is 18.2 Å². The van der Waals surface area contributed by atoms with Gasteiger partial charge in [0.15, 0.2) is 5.78 Å². The highest BCUT2D eigenvalue weighted by Gasteiger charge is 2.30. The fourth-order valence-corrected chi connectivity index (χ4v) is 5.49. The molecular formula is C26H32O3S. The molecule has 3 nitrogen and oxygen atoms in total. The van der Waals surface area contributed by atoms with E-state index in [1.165, 1.54) is 5.56 Å². The largest absolute Gasteiger partial charge is 0.512 e. The van der Waals surface area contributed by atoms with Crippen molar-refractivity contribution in [1.82, 2.24) is 0 Å². The molecule has 1 aliphatic carbocycles. The summed E-state index contributed by atoms with van der Waals surface area (Å²) in [6.07, 6.45) is 3.68. The number of Topliss-reactive ketones (excluding diaryl/α,β-unsaturated/α-hetero) is 1.